The lowest BCUT2D eigenvalue weighted by Gasteiger charge is -2.27. The van der Waals surface area contributed by atoms with Crippen molar-refractivity contribution in [3.05, 3.63) is 62.1 Å². The molecule has 2 aromatic carbocycles. The van der Waals surface area contributed by atoms with Crippen LogP contribution in [0, 0.1) is 15.5 Å². The average molecular weight is 559 g/mol. The molecule has 13 nitrogen and oxygen atoms in total. The molecule has 5 N–H and O–H groups in total. The number of anilines is 1. The van der Waals surface area contributed by atoms with E-state index in [0.29, 0.717) is 0 Å². The summed E-state index contributed by atoms with van der Waals surface area (Å²) >= 11 is 12.0. The molecule has 0 aliphatic heterocycles. The largest absolute Gasteiger partial charge is 0.415 e. The van der Waals surface area contributed by atoms with Crippen molar-refractivity contribution in [2.24, 2.45) is 5.41 Å². The van der Waals surface area contributed by atoms with Gasteiger partial charge in [0.25, 0.3) is 11.6 Å². The van der Waals surface area contributed by atoms with E-state index < -0.39 is 54.6 Å². The number of halogens is 2. The highest BCUT2D eigenvalue weighted by atomic mass is 35.5. The summed E-state index contributed by atoms with van der Waals surface area (Å²) in [7, 11) is 1.26. The number of nitro groups is 1. The van der Waals surface area contributed by atoms with E-state index in [1.165, 1.54) is 31.3 Å². The van der Waals surface area contributed by atoms with Crippen LogP contribution in [-0.4, -0.2) is 83.0 Å². The van der Waals surface area contributed by atoms with Gasteiger partial charge in [0.2, 0.25) is 5.91 Å². The zero-order valence-corrected chi connectivity index (χ0v) is 21.0. The number of carbonyl (C=O) groups excluding carboxylic acids is 3. The summed E-state index contributed by atoms with van der Waals surface area (Å²) in [5, 5.41) is 43.8. The Balaban J connectivity index is 2.10. The van der Waals surface area contributed by atoms with Crippen molar-refractivity contribution in [2.75, 3.05) is 45.3 Å². The number of hydrogen-bond donors (Lipinski definition) is 5. The van der Waals surface area contributed by atoms with E-state index in [4.69, 9.17) is 27.9 Å². The molecule has 0 bridgehead atoms. The first-order valence-corrected chi connectivity index (χ1v) is 11.3. The molecule has 0 aromatic heterocycles. The number of benzene rings is 2. The third kappa shape index (κ3) is 8.00. The molecule has 200 valence electrons. The van der Waals surface area contributed by atoms with Crippen LogP contribution in [0.2, 0.25) is 10.0 Å². The third-order valence-corrected chi connectivity index (χ3v) is 5.70. The van der Waals surface area contributed by atoms with Crippen molar-refractivity contribution in [3.8, 4) is 5.75 Å². The van der Waals surface area contributed by atoms with Gasteiger partial charge in [0.05, 0.1) is 46.4 Å². The number of ether oxygens (including phenoxy) is 1. The highest BCUT2D eigenvalue weighted by molar-refractivity contribution is 6.34. The normalized spacial score (nSPS) is 11.0. The third-order valence-electron chi connectivity index (χ3n) is 5.15. The molecule has 0 unspecified atom stereocenters. The van der Waals surface area contributed by atoms with Crippen LogP contribution in [0.4, 0.5) is 16.2 Å². The second-order valence-corrected chi connectivity index (χ2v) is 8.83. The molecular formula is C22H24Cl2N4O9. The fraction of sp³-hybridized carbons (Fsp3) is 0.318. The average Bonchev–Trinajstić information content (AvgIpc) is 2.87. The maximum atomic E-state index is 12.9. The summed E-state index contributed by atoms with van der Waals surface area (Å²) in [6.45, 7) is -2.46. The van der Waals surface area contributed by atoms with Crippen LogP contribution in [0.25, 0.3) is 0 Å². The van der Waals surface area contributed by atoms with Crippen molar-refractivity contribution < 1.29 is 39.4 Å². The van der Waals surface area contributed by atoms with E-state index in [1.807, 2.05) is 0 Å². The van der Waals surface area contributed by atoms with Gasteiger partial charge in [0.15, 0.2) is 0 Å². The van der Waals surface area contributed by atoms with Gasteiger partial charge in [-0.2, -0.15) is 0 Å². The molecule has 2 rings (SSSR count). The van der Waals surface area contributed by atoms with E-state index in [9.17, 15) is 39.8 Å². The molecule has 3 amide bonds. The smallest absolute Gasteiger partial charge is 0.409 e. The van der Waals surface area contributed by atoms with Crippen molar-refractivity contribution in [2.45, 2.75) is 0 Å². The number of nitrogens with zero attached hydrogens (tertiary/aromatic N) is 2. The van der Waals surface area contributed by atoms with Gasteiger partial charge in [0, 0.05) is 30.7 Å². The standard InChI is InChI=1S/C22H24Cl2N4O9/c1-27(8-19(32)25-9-22(10-29,11-30)12-31)21(34)37-18-5-2-13(23)6-15(18)20(33)26-17-4-3-14(28(35)36)7-16(17)24/h2-7,29-31H,8-12H2,1H3,(H,25,32)(H,26,33). The predicted molar refractivity (Wildman–Crippen MR) is 133 cm³/mol. The molecule has 0 saturated heterocycles. The second kappa shape index (κ2) is 13.2. The fourth-order valence-electron chi connectivity index (χ4n) is 2.79. The predicted octanol–water partition coefficient (Wildman–Crippen LogP) is 1.66. The van der Waals surface area contributed by atoms with Crippen LogP contribution in [0.15, 0.2) is 36.4 Å². The van der Waals surface area contributed by atoms with Crippen molar-refractivity contribution >= 4 is 52.5 Å². The number of nitrogens with one attached hydrogen (secondary N) is 2. The summed E-state index contributed by atoms with van der Waals surface area (Å²) in [5.74, 6) is -1.65. The maximum Gasteiger partial charge on any atom is 0.415 e. The van der Waals surface area contributed by atoms with Gasteiger partial charge in [0.1, 0.15) is 12.3 Å². The first-order valence-electron chi connectivity index (χ1n) is 10.5. The number of amides is 3. The molecule has 2 aromatic rings. The van der Waals surface area contributed by atoms with Crippen LogP contribution in [0.5, 0.6) is 5.75 Å². The minimum atomic E-state index is -1.33. The molecule has 0 saturated carbocycles. The minimum Gasteiger partial charge on any atom is -0.409 e. The molecule has 0 aliphatic rings. The van der Waals surface area contributed by atoms with Gasteiger partial charge in [-0.3, -0.25) is 19.7 Å². The lowest BCUT2D eigenvalue weighted by Crippen LogP contribution is -2.48. The van der Waals surface area contributed by atoms with E-state index in [-0.39, 0.29) is 39.3 Å². The van der Waals surface area contributed by atoms with Crippen LogP contribution in [0.1, 0.15) is 10.4 Å². The Morgan fingerprint density at radius 3 is 2.30 bits per heavy atom. The van der Waals surface area contributed by atoms with Crippen molar-refractivity contribution in [3.63, 3.8) is 0 Å². The zero-order chi connectivity index (χ0) is 27.8. The van der Waals surface area contributed by atoms with Crippen LogP contribution in [-0.2, 0) is 4.79 Å². The first-order chi connectivity index (χ1) is 17.4. The molecule has 0 fully saturated rings. The highest BCUT2D eigenvalue weighted by Crippen LogP contribution is 2.29. The van der Waals surface area contributed by atoms with Crippen LogP contribution < -0.4 is 15.4 Å². The number of aliphatic hydroxyl groups is 3. The second-order valence-electron chi connectivity index (χ2n) is 7.99. The molecule has 0 radical (unpaired) electrons. The zero-order valence-electron chi connectivity index (χ0n) is 19.4. The van der Waals surface area contributed by atoms with E-state index in [0.717, 1.165) is 17.0 Å². The van der Waals surface area contributed by atoms with Crippen LogP contribution >= 0.6 is 23.2 Å². The van der Waals surface area contributed by atoms with E-state index >= 15 is 0 Å². The molecule has 37 heavy (non-hydrogen) atoms. The van der Waals surface area contributed by atoms with Gasteiger partial charge < -0.3 is 35.6 Å². The molecular weight excluding hydrogens is 535 g/mol. The Kier molecular flexibility index (Phi) is 10.6. The van der Waals surface area contributed by atoms with E-state index in [2.05, 4.69) is 10.6 Å². The van der Waals surface area contributed by atoms with Crippen LogP contribution in [0.3, 0.4) is 0 Å². The Morgan fingerprint density at radius 2 is 1.73 bits per heavy atom. The van der Waals surface area contributed by atoms with Crippen molar-refractivity contribution in [1.82, 2.24) is 10.2 Å². The first kappa shape index (κ1) is 29.7. The summed E-state index contributed by atoms with van der Waals surface area (Å²) in [5.41, 5.74) is -1.70. The highest BCUT2D eigenvalue weighted by Gasteiger charge is 2.29. The molecule has 15 heteroatoms. The number of aliphatic hydroxyl groups excluding tert-OH is 3. The summed E-state index contributed by atoms with van der Waals surface area (Å²) in [6.07, 6.45) is -1.00. The van der Waals surface area contributed by atoms with Gasteiger partial charge in [-0.25, -0.2) is 4.79 Å². The monoisotopic (exact) mass is 558 g/mol. The number of hydrogen-bond acceptors (Lipinski definition) is 9. The van der Waals surface area contributed by atoms with Gasteiger partial charge in [-0.15, -0.1) is 0 Å². The van der Waals surface area contributed by atoms with Gasteiger partial charge in [-0.1, -0.05) is 23.2 Å². The summed E-state index contributed by atoms with van der Waals surface area (Å²) < 4.78 is 5.26. The molecule has 0 atom stereocenters. The number of non-ortho nitro benzene ring substituents is 1. The number of nitro benzene ring substituents is 1. The lowest BCUT2D eigenvalue weighted by molar-refractivity contribution is -0.384. The number of rotatable bonds is 11. The Morgan fingerprint density at radius 1 is 1.08 bits per heavy atom. The lowest BCUT2D eigenvalue weighted by atomic mass is 9.91. The molecule has 0 spiro atoms. The maximum absolute atomic E-state index is 12.9. The van der Waals surface area contributed by atoms with Gasteiger partial charge in [-0.05, 0) is 24.3 Å². The van der Waals surface area contributed by atoms with Gasteiger partial charge >= 0.3 is 6.09 Å². The summed E-state index contributed by atoms with van der Waals surface area (Å²) in [4.78, 5) is 48.7. The minimum absolute atomic E-state index is 0.0630. The Hall–Kier alpha value is -3.49. The SMILES string of the molecule is CN(CC(=O)NCC(CO)(CO)CO)C(=O)Oc1ccc(Cl)cc1C(=O)Nc1ccc([N+](=O)[O-])cc1Cl. The molecule has 0 aliphatic carbocycles. The molecule has 0 heterocycles. The number of carbonyl (C=O) groups is 3. The fourth-order valence-corrected chi connectivity index (χ4v) is 3.18. The van der Waals surface area contributed by atoms with Crippen molar-refractivity contribution in [1.29, 1.82) is 0 Å². The quantitative estimate of drug-likeness (QED) is 0.201. The Labute approximate surface area is 220 Å². The number of likely N-dealkylation sites (N-methyl/N-ethyl adjacent to an activating group) is 1. The topological polar surface area (TPSA) is 192 Å². The summed E-state index contributed by atoms with van der Waals surface area (Å²) in [6, 6.07) is 7.29. The van der Waals surface area contributed by atoms with E-state index in [1.54, 1.807) is 0 Å². The Bertz CT molecular complexity index is 1170.